The Morgan fingerprint density at radius 1 is 1.37 bits per heavy atom. The molecule has 2 fully saturated rings. The van der Waals surface area contributed by atoms with E-state index in [0.29, 0.717) is 5.92 Å². The van der Waals surface area contributed by atoms with Gasteiger partial charge >= 0.3 is 0 Å². The molecule has 2 aliphatic rings. The number of nitrogens with one attached hydrogen (secondary N) is 1. The molecule has 3 atom stereocenters. The first-order chi connectivity index (χ1) is 12.6. The molecule has 2 aromatic rings. The molecule has 146 valence electrons. The van der Waals surface area contributed by atoms with Gasteiger partial charge in [-0.25, -0.2) is 4.39 Å². The first-order valence-electron chi connectivity index (χ1n) is 9.34. The van der Waals surface area contributed by atoms with Crippen molar-refractivity contribution in [3.05, 3.63) is 53.6 Å². The fraction of sp³-hybridized carbons (Fsp3) is 0.500. The maximum Gasteiger partial charge on any atom is 0.193 e. The number of hydrogen-bond donors (Lipinski definition) is 1. The molecule has 7 heteroatoms. The number of halogens is 2. The number of benzene rings is 1. The summed E-state index contributed by atoms with van der Waals surface area (Å²) in [5.41, 5.74) is 2.11. The van der Waals surface area contributed by atoms with Crippen LogP contribution in [0.25, 0.3) is 0 Å². The van der Waals surface area contributed by atoms with E-state index in [9.17, 15) is 4.39 Å². The van der Waals surface area contributed by atoms with Crippen molar-refractivity contribution in [1.29, 1.82) is 0 Å². The normalized spacial score (nSPS) is 24.6. The lowest BCUT2D eigenvalue weighted by Crippen LogP contribution is -2.41. The van der Waals surface area contributed by atoms with Crippen LogP contribution in [0.1, 0.15) is 29.9 Å². The molecule has 4 rings (SSSR count). The van der Waals surface area contributed by atoms with Crippen LogP contribution in [-0.2, 0) is 13.5 Å². The first kappa shape index (κ1) is 20.1. The topological polar surface area (TPSA) is 45.5 Å². The van der Waals surface area contributed by atoms with Gasteiger partial charge in [0.25, 0.3) is 0 Å². The van der Waals surface area contributed by atoms with Gasteiger partial charge in [-0.2, -0.15) is 5.10 Å². The van der Waals surface area contributed by atoms with E-state index in [1.54, 1.807) is 12.1 Å². The van der Waals surface area contributed by atoms with Gasteiger partial charge in [0.2, 0.25) is 0 Å². The molecule has 1 aromatic carbocycles. The predicted octanol–water partition coefficient (Wildman–Crippen LogP) is 3.17. The number of hydrogen-bond acceptors (Lipinski definition) is 2. The van der Waals surface area contributed by atoms with Crippen molar-refractivity contribution < 1.29 is 4.39 Å². The van der Waals surface area contributed by atoms with Gasteiger partial charge in [-0.1, -0.05) is 18.2 Å². The summed E-state index contributed by atoms with van der Waals surface area (Å²) in [4.78, 5) is 6.80. The number of guanidine groups is 1. The average Bonchev–Trinajstić information content (AvgIpc) is 3.02. The molecule has 5 nitrogen and oxygen atoms in total. The van der Waals surface area contributed by atoms with Gasteiger partial charge in [-0.05, 0) is 42.4 Å². The Bertz CT molecular complexity index is 805. The summed E-state index contributed by atoms with van der Waals surface area (Å²) in [6.07, 6.45) is 7.24. The van der Waals surface area contributed by atoms with Gasteiger partial charge < -0.3 is 10.2 Å². The second-order valence-corrected chi connectivity index (χ2v) is 7.49. The molecule has 1 aliphatic heterocycles. The molecule has 1 aliphatic carbocycles. The Kier molecular flexibility index (Phi) is 6.39. The molecule has 1 N–H and O–H groups in total. The smallest absolute Gasteiger partial charge is 0.193 e. The van der Waals surface area contributed by atoms with Crippen molar-refractivity contribution in [2.24, 2.45) is 18.0 Å². The molecule has 1 saturated carbocycles. The molecule has 0 amide bonds. The molecule has 0 spiro atoms. The minimum absolute atomic E-state index is 0. The van der Waals surface area contributed by atoms with Gasteiger partial charge in [-0.3, -0.25) is 9.67 Å². The quantitative estimate of drug-likeness (QED) is 0.413. The number of aryl methyl sites for hydroxylation is 1. The fourth-order valence-corrected chi connectivity index (χ4v) is 4.04. The summed E-state index contributed by atoms with van der Waals surface area (Å²) in [7, 11) is 3.79. The lowest BCUT2D eigenvalue weighted by molar-refractivity contribution is 0.458. The highest BCUT2D eigenvalue weighted by atomic mass is 127. The van der Waals surface area contributed by atoms with E-state index in [1.807, 2.05) is 37.1 Å². The van der Waals surface area contributed by atoms with Crippen LogP contribution in [0, 0.1) is 11.7 Å². The predicted molar refractivity (Wildman–Crippen MR) is 116 cm³/mol. The summed E-state index contributed by atoms with van der Waals surface area (Å²) in [5.74, 6) is 1.72. The van der Waals surface area contributed by atoms with Gasteiger partial charge in [0.1, 0.15) is 5.82 Å². The van der Waals surface area contributed by atoms with Crippen molar-refractivity contribution in [3.8, 4) is 0 Å². The van der Waals surface area contributed by atoms with Crippen molar-refractivity contribution in [3.63, 3.8) is 0 Å². The van der Waals surface area contributed by atoms with E-state index in [1.165, 1.54) is 5.56 Å². The summed E-state index contributed by atoms with van der Waals surface area (Å²) in [5, 5.41) is 7.80. The highest BCUT2D eigenvalue weighted by Crippen LogP contribution is 2.42. The van der Waals surface area contributed by atoms with Crippen molar-refractivity contribution in [1.82, 2.24) is 20.0 Å². The molecular formula is C20H27FIN5. The molecule has 2 heterocycles. The standard InChI is InChI=1S/C20H26FN5.HI/c1-22-20(24-19-10-17(19)16-5-3-4-6-18(16)21)26-8-7-14(13-26)9-15-11-23-25(2)12-15;/h3-6,11-12,14,17,19H,7-10,13H2,1-2H3,(H,22,24);1H. The molecule has 0 radical (unpaired) electrons. The third kappa shape index (κ3) is 4.62. The number of rotatable bonds is 4. The van der Waals surface area contributed by atoms with E-state index < -0.39 is 0 Å². The molecular weight excluding hydrogens is 456 g/mol. The number of nitrogens with zero attached hydrogens (tertiary/aromatic N) is 4. The molecule has 3 unspecified atom stereocenters. The average molecular weight is 483 g/mol. The second kappa shape index (κ2) is 8.58. The molecule has 0 bridgehead atoms. The van der Waals surface area contributed by atoms with Gasteiger partial charge in [-0.15, -0.1) is 24.0 Å². The van der Waals surface area contributed by atoms with E-state index in [0.717, 1.165) is 43.9 Å². The minimum atomic E-state index is -0.102. The number of aliphatic imine (C=N–C) groups is 1. The first-order valence-corrected chi connectivity index (χ1v) is 9.34. The van der Waals surface area contributed by atoms with Crippen LogP contribution in [0.2, 0.25) is 0 Å². The third-order valence-electron chi connectivity index (χ3n) is 5.49. The lowest BCUT2D eigenvalue weighted by atomic mass is 10.0. The lowest BCUT2D eigenvalue weighted by Gasteiger charge is -2.22. The van der Waals surface area contributed by atoms with Crippen LogP contribution < -0.4 is 5.32 Å². The maximum atomic E-state index is 14.0. The van der Waals surface area contributed by atoms with Crippen LogP contribution in [-0.4, -0.2) is 46.8 Å². The van der Waals surface area contributed by atoms with Gasteiger partial charge in [0.15, 0.2) is 5.96 Å². The van der Waals surface area contributed by atoms with E-state index >= 15 is 0 Å². The van der Waals surface area contributed by atoms with E-state index in [-0.39, 0.29) is 41.8 Å². The number of aromatic nitrogens is 2. The minimum Gasteiger partial charge on any atom is -0.353 e. The molecule has 1 aromatic heterocycles. The van der Waals surface area contributed by atoms with E-state index in [4.69, 9.17) is 0 Å². The fourth-order valence-electron chi connectivity index (χ4n) is 4.04. The van der Waals surface area contributed by atoms with Crippen molar-refractivity contribution in [2.75, 3.05) is 20.1 Å². The zero-order valence-electron chi connectivity index (χ0n) is 15.8. The zero-order chi connectivity index (χ0) is 18.1. The highest BCUT2D eigenvalue weighted by Gasteiger charge is 2.41. The Morgan fingerprint density at radius 2 is 2.19 bits per heavy atom. The largest absolute Gasteiger partial charge is 0.353 e. The summed E-state index contributed by atoms with van der Waals surface area (Å²) < 4.78 is 15.8. The Labute approximate surface area is 177 Å². The zero-order valence-corrected chi connectivity index (χ0v) is 18.1. The van der Waals surface area contributed by atoms with Gasteiger partial charge in [0, 0.05) is 45.3 Å². The highest BCUT2D eigenvalue weighted by molar-refractivity contribution is 14.0. The van der Waals surface area contributed by atoms with E-state index in [2.05, 4.69) is 26.5 Å². The van der Waals surface area contributed by atoms with Crippen LogP contribution in [0.15, 0.2) is 41.7 Å². The third-order valence-corrected chi connectivity index (χ3v) is 5.49. The summed E-state index contributed by atoms with van der Waals surface area (Å²) in [6.45, 7) is 2.02. The summed E-state index contributed by atoms with van der Waals surface area (Å²) in [6, 6.07) is 7.37. The maximum absolute atomic E-state index is 14.0. The number of likely N-dealkylation sites (tertiary alicyclic amines) is 1. The van der Waals surface area contributed by atoms with Crippen LogP contribution in [0.3, 0.4) is 0 Å². The van der Waals surface area contributed by atoms with Crippen LogP contribution >= 0.6 is 24.0 Å². The molecule has 1 saturated heterocycles. The van der Waals surface area contributed by atoms with Crippen LogP contribution in [0.5, 0.6) is 0 Å². The Morgan fingerprint density at radius 3 is 2.89 bits per heavy atom. The van der Waals surface area contributed by atoms with Crippen molar-refractivity contribution in [2.45, 2.75) is 31.2 Å². The SMILES string of the molecule is CN=C(NC1CC1c1ccccc1F)N1CCC(Cc2cnn(C)c2)C1.I. The second-order valence-electron chi connectivity index (χ2n) is 7.49. The van der Waals surface area contributed by atoms with Crippen molar-refractivity contribution >= 4 is 29.9 Å². The Hall–Kier alpha value is -1.64. The summed E-state index contributed by atoms with van der Waals surface area (Å²) >= 11 is 0. The van der Waals surface area contributed by atoms with Gasteiger partial charge in [0.05, 0.1) is 6.20 Å². The van der Waals surface area contributed by atoms with Crippen LogP contribution in [0.4, 0.5) is 4.39 Å². The Balaban J connectivity index is 0.00000210. The molecule has 27 heavy (non-hydrogen) atoms. The monoisotopic (exact) mass is 483 g/mol.